The van der Waals surface area contributed by atoms with Gasteiger partial charge in [0.05, 0.1) is 7.11 Å². The molecule has 114 valence electrons. The molecule has 0 radical (unpaired) electrons. The molecular weight excluding hydrogens is 270 g/mol. The number of hydrogen-bond acceptors (Lipinski definition) is 5. The Morgan fingerprint density at radius 2 is 1.25 bits per heavy atom. The molecule has 4 N–H and O–H groups in total. The summed E-state index contributed by atoms with van der Waals surface area (Å²) < 4.78 is 4.33. The predicted molar refractivity (Wildman–Crippen MR) is 67.8 cm³/mol. The minimum Gasteiger partial charge on any atom is -0.480 e. The Balaban J connectivity index is 4.34. The smallest absolute Gasteiger partial charge is 0.407 e. The Kier molecular flexibility index (Phi) is 7.05. The van der Waals surface area contributed by atoms with E-state index in [2.05, 4.69) is 20.7 Å². The molecule has 0 aromatic carbocycles. The summed E-state index contributed by atoms with van der Waals surface area (Å²) in [6, 6.07) is -2.90. The highest BCUT2D eigenvalue weighted by atomic mass is 16.5. The Labute approximate surface area is 116 Å². The Hall–Kier alpha value is -2.32. The van der Waals surface area contributed by atoms with E-state index in [1.165, 1.54) is 20.8 Å². The molecule has 3 amide bonds. The van der Waals surface area contributed by atoms with Crippen LogP contribution in [0.1, 0.15) is 20.8 Å². The van der Waals surface area contributed by atoms with Crippen LogP contribution in [-0.2, 0) is 19.1 Å². The van der Waals surface area contributed by atoms with Crippen LogP contribution in [0.3, 0.4) is 0 Å². The largest absolute Gasteiger partial charge is 0.480 e. The second kappa shape index (κ2) is 7.97. The summed E-state index contributed by atoms with van der Waals surface area (Å²) in [7, 11) is 1.16. The second-order valence-corrected chi connectivity index (χ2v) is 4.16. The number of carboxylic acid groups (broad SMARTS) is 1. The van der Waals surface area contributed by atoms with Crippen molar-refractivity contribution in [3.63, 3.8) is 0 Å². The molecule has 0 aliphatic carbocycles. The number of carboxylic acids is 1. The Morgan fingerprint density at radius 3 is 1.65 bits per heavy atom. The summed E-state index contributed by atoms with van der Waals surface area (Å²) in [4.78, 5) is 44.7. The summed E-state index contributed by atoms with van der Waals surface area (Å²) >= 11 is 0. The average Bonchev–Trinajstić information content (AvgIpc) is 2.37. The maximum Gasteiger partial charge on any atom is 0.407 e. The lowest BCUT2D eigenvalue weighted by Gasteiger charge is -2.18. The summed E-state index contributed by atoms with van der Waals surface area (Å²) in [5.41, 5.74) is 0. The number of rotatable bonds is 6. The van der Waals surface area contributed by atoms with Gasteiger partial charge in [0.15, 0.2) is 0 Å². The highest BCUT2D eigenvalue weighted by molar-refractivity contribution is 5.92. The van der Waals surface area contributed by atoms with E-state index < -0.39 is 42.0 Å². The average molecular weight is 289 g/mol. The number of hydrogen-bond donors (Lipinski definition) is 4. The van der Waals surface area contributed by atoms with Crippen LogP contribution in [0, 0.1) is 0 Å². The number of aliphatic carboxylic acids is 1. The molecule has 20 heavy (non-hydrogen) atoms. The van der Waals surface area contributed by atoms with Crippen molar-refractivity contribution in [2.45, 2.75) is 38.9 Å². The molecule has 0 aromatic rings. The van der Waals surface area contributed by atoms with Gasteiger partial charge in [0.2, 0.25) is 11.8 Å². The van der Waals surface area contributed by atoms with Crippen molar-refractivity contribution < 1.29 is 29.0 Å². The molecule has 0 spiro atoms. The standard InChI is InChI=1S/C11H19N3O6/c1-5(8(15)13-7(3)10(17)18)12-9(16)6(2)14-11(19)20-4/h5-7H,1-4H3,(H,12,16)(H,13,15)(H,14,19)(H,17,18)/t5-,6-,7-/m0/s1. The van der Waals surface area contributed by atoms with Gasteiger partial charge in [0.1, 0.15) is 18.1 Å². The van der Waals surface area contributed by atoms with Gasteiger partial charge < -0.3 is 25.8 Å². The number of carbonyl (C=O) groups excluding carboxylic acids is 3. The predicted octanol–water partition coefficient (Wildman–Crippen LogP) is -1.18. The fourth-order valence-corrected chi connectivity index (χ4v) is 1.11. The van der Waals surface area contributed by atoms with Gasteiger partial charge >= 0.3 is 12.1 Å². The lowest BCUT2D eigenvalue weighted by molar-refractivity contribution is -0.141. The molecule has 9 heteroatoms. The molecule has 0 heterocycles. The van der Waals surface area contributed by atoms with Crippen molar-refractivity contribution >= 4 is 23.9 Å². The van der Waals surface area contributed by atoms with Crippen molar-refractivity contribution in [3.05, 3.63) is 0 Å². The van der Waals surface area contributed by atoms with Crippen LogP contribution in [0.15, 0.2) is 0 Å². The van der Waals surface area contributed by atoms with E-state index in [0.717, 1.165) is 7.11 Å². The fraction of sp³-hybridized carbons (Fsp3) is 0.636. The molecule has 0 aliphatic rings. The normalized spacial score (nSPS) is 14.4. The van der Waals surface area contributed by atoms with Crippen molar-refractivity contribution in [3.8, 4) is 0 Å². The number of ether oxygens (including phenoxy) is 1. The van der Waals surface area contributed by atoms with Gasteiger partial charge in [0, 0.05) is 0 Å². The third kappa shape index (κ3) is 6.03. The Bertz CT molecular complexity index is 398. The SMILES string of the molecule is COC(=O)N[C@@H](C)C(=O)N[C@@H](C)C(=O)N[C@@H](C)C(=O)O. The molecule has 0 rings (SSSR count). The number of nitrogens with one attached hydrogen (secondary N) is 3. The second-order valence-electron chi connectivity index (χ2n) is 4.16. The van der Waals surface area contributed by atoms with E-state index in [1.54, 1.807) is 0 Å². The van der Waals surface area contributed by atoms with Crippen molar-refractivity contribution in [1.82, 2.24) is 16.0 Å². The van der Waals surface area contributed by atoms with Crippen LogP contribution in [0.25, 0.3) is 0 Å². The first kappa shape index (κ1) is 17.7. The maximum absolute atomic E-state index is 11.7. The van der Waals surface area contributed by atoms with Crippen LogP contribution in [0.2, 0.25) is 0 Å². The zero-order chi connectivity index (χ0) is 15.9. The van der Waals surface area contributed by atoms with Crippen molar-refractivity contribution in [2.75, 3.05) is 7.11 Å². The van der Waals surface area contributed by atoms with E-state index in [9.17, 15) is 19.2 Å². The van der Waals surface area contributed by atoms with E-state index in [1.807, 2.05) is 0 Å². The van der Waals surface area contributed by atoms with Crippen LogP contribution >= 0.6 is 0 Å². The Morgan fingerprint density at radius 1 is 0.850 bits per heavy atom. The molecule has 0 saturated heterocycles. The number of alkyl carbamates (subject to hydrolysis) is 1. The van der Waals surface area contributed by atoms with E-state index >= 15 is 0 Å². The van der Waals surface area contributed by atoms with Gasteiger partial charge in [-0.25, -0.2) is 4.79 Å². The van der Waals surface area contributed by atoms with E-state index in [-0.39, 0.29) is 0 Å². The maximum atomic E-state index is 11.7. The molecule has 9 nitrogen and oxygen atoms in total. The van der Waals surface area contributed by atoms with Gasteiger partial charge in [0.25, 0.3) is 0 Å². The van der Waals surface area contributed by atoms with Crippen molar-refractivity contribution in [2.24, 2.45) is 0 Å². The molecule has 0 fully saturated rings. The molecule has 0 aromatic heterocycles. The third-order valence-corrected chi connectivity index (χ3v) is 2.39. The lowest BCUT2D eigenvalue weighted by atomic mass is 10.2. The molecular formula is C11H19N3O6. The van der Waals surface area contributed by atoms with Gasteiger partial charge in [-0.3, -0.25) is 14.4 Å². The van der Waals surface area contributed by atoms with Gasteiger partial charge in [-0.2, -0.15) is 0 Å². The number of methoxy groups -OCH3 is 1. The first-order valence-electron chi connectivity index (χ1n) is 5.87. The van der Waals surface area contributed by atoms with Crippen LogP contribution < -0.4 is 16.0 Å². The highest BCUT2D eigenvalue weighted by Gasteiger charge is 2.23. The first-order chi connectivity index (χ1) is 9.18. The highest BCUT2D eigenvalue weighted by Crippen LogP contribution is 1.90. The summed E-state index contributed by atoms with van der Waals surface area (Å²) in [5, 5.41) is 15.4. The van der Waals surface area contributed by atoms with Gasteiger partial charge in [-0.05, 0) is 20.8 Å². The topological polar surface area (TPSA) is 134 Å². The minimum atomic E-state index is -1.18. The van der Waals surface area contributed by atoms with Gasteiger partial charge in [-0.1, -0.05) is 0 Å². The zero-order valence-corrected chi connectivity index (χ0v) is 11.7. The zero-order valence-electron chi connectivity index (χ0n) is 11.7. The summed E-state index contributed by atoms with van der Waals surface area (Å²) in [6.45, 7) is 4.11. The molecule has 0 saturated carbocycles. The number of carbonyl (C=O) groups is 4. The number of amides is 3. The van der Waals surface area contributed by atoms with Crippen molar-refractivity contribution in [1.29, 1.82) is 0 Å². The molecule has 0 aliphatic heterocycles. The minimum absolute atomic E-state index is 0.596. The van der Waals surface area contributed by atoms with Crippen LogP contribution in [0.4, 0.5) is 4.79 Å². The third-order valence-electron chi connectivity index (χ3n) is 2.39. The van der Waals surface area contributed by atoms with Crippen LogP contribution in [0.5, 0.6) is 0 Å². The fourth-order valence-electron chi connectivity index (χ4n) is 1.11. The van der Waals surface area contributed by atoms with E-state index in [0.29, 0.717) is 0 Å². The first-order valence-corrected chi connectivity index (χ1v) is 5.87. The molecule has 0 bridgehead atoms. The molecule has 0 unspecified atom stereocenters. The van der Waals surface area contributed by atoms with Gasteiger partial charge in [-0.15, -0.1) is 0 Å². The van der Waals surface area contributed by atoms with Crippen LogP contribution in [-0.4, -0.2) is 54.2 Å². The molecule has 3 atom stereocenters. The lowest BCUT2D eigenvalue weighted by Crippen LogP contribution is -2.53. The summed E-state index contributed by atoms with van der Waals surface area (Å²) in [5.74, 6) is -2.42. The summed E-state index contributed by atoms with van der Waals surface area (Å²) in [6.07, 6.45) is -0.774. The monoisotopic (exact) mass is 289 g/mol. The van der Waals surface area contributed by atoms with E-state index in [4.69, 9.17) is 5.11 Å². The quantitative estimate of drug-likeness (QED) is 0.486.